The number of piperidine rings is 1. The molecule has 2 aromatic rings. The summed E-state index contributed by atoms with van der Waals surface area (Å²) in [7, 11) is 1.65. The predicted molar refractivity (Wildman–Crippen MR) is 111 cm³/mol. The van der Waals surface area contributed by atoms with E-state index in [-0.39, 0.29) is 16.8 Å². The van der Waals surface area contributed by atoms with E-state index in [9.17, 15) is 13.2 Å². The first-order valence-electron chi connectivity index (χ1n) is 9.40. The van der Waals surface area contributed by atoms with E-state index in [1.165, 1.54) is 23.5 Å². The number of sulfonamides is 1. The Labute approximate surface area is 167 Å². The minimum absolute atomic E-state index is 0.112. The van der Waals surface area contributed by atoms with Crippen molar-refractivity contribution in [3.05, 3.63) is 60.2 Å². The van der Waals surface area contributed by atoms with Crippen LogP contribution >= 0.6 is 0 Å². The summed E-state index contributed by atoms with van der Waals surface area (Å²) in [6, 6.07) is 15.4. The molecule has 7 heteroatoms. The summed E-state index contributed by atoms with van der Waals surface area (Å²) in [5.74, 6) is -0.144. The Morgan fingerprint density at radius 2 is 1.64 bits per heavy atom. The number of hydrogen-bond acceptors (Lipinski definition) is 4. The largest absolute Gasteiger partial charge is 0.339 e. The molecular weight excluding hydrogens is 374 g/mol. The topological polar surface area (TPSA) is 60.9 Å². The van der Waals surface area contributed by atoms with Crippen molar-refractivity contribution in [1.29, 1.82) is 0 Å². The second kappa shape index (κ2) is 8.32. The number of amides is 1. The molecule has 0 N–H and O–H groups in total. The summed E-state index contributed by atoms with van der Waals surface area (Å²) in [6.07, 6.45) is 1.85. The van der Waals surface area contributed by atoms with Crippen molar-refractivity contribution in [1.82, 2.24) is 9.80 Å². The second-order valence-electron chi connectivity index (χ2n) is 7.29. The third-order valence-electron chi connectivity index (χ3n) is 5.42. The minimum Gasteiger partial charge on any atom is -0.339 e. The predicted octanol–water partition coefficient (Wildman–Crippen LogP) is 2.68. The molecule has 0 bridgehead atoms. The maximum Gasteiger partial charge on any atom is 0.264 e. The van der Waals surface area contributed by atoms with Crippen molar-refractivity contribution in [3.8, 4) is 0 Å². The summed E-state index contributed by atoms with van der Waals surface area (Å²) in [5, 5.41) is 0. The van der Waals surface area contributed by atoms with Crippen LogP contribution in [-0.4, -0.2) is 64.4 Å². The van der Waals surface area contributed by atoms with Gasteiger partial charge in [-0.05, 0) is 63.3 Å². The molecule has 0 aromatic heterocycles. The molecule has 1 heterocycles. The Kier molecular flexibility index (Phi) is 6.05. The van der Waals surface area contributed by atoms with E-state index >= 15 is 0 Å². The molecule has 1 aliphatic heterocycles. The first kappa shape index (κ1) is 20.4. The lowest BCUT2D eigenvalue weighted by Gasteiger charge is -2.35. The fourth-order valence-corrected chi connectivity index (χ4v) is 4.72. The highest BCUT2D eigenvalue weighted by Gasteiger charge is 2.27. The smallest absolute Gasteiger partial charge is 0.264 e. The molecule has 1 saturated heterocycles. The van der Waals surface area contributed by atoms with Gasteiger partial charge in [0.15, 0.2) is 0 Å². The Hall–Kier alpha value is -2.38. The second-order valence-corrected chi connectivity index (χ2v) is 9.26. The lowest BCUT2D eigenvalue weighted by Crippen LogP contribution is -2.44. The third-order valence-corrected chi connectivity index (χ3v) is 7.20. The average molecular weight is 402 g/mol. The number of anilines is 1. The van der Waals surface area contributed by atoms with Gasteiger partial charge in [0.05, 0.1) is 10.6 Å². The lowest BCUT2D eigenvalue weighted by atomic mass is 10.0. The number of rotatable bonds is 5. The van der Waals surface area contributed by atoms with Crippen molar-refractivity contribution in [2.45, 2.75) is 23.8 Å². The summed E-state index contributed by atoms with van der Waals surface area (Å²) in [4.78, 5) is 17.1. The van der Waals surface area contributed by atoms with Gasteiger partial charge in [0.1, 0.15) is 0 Å². The number of carbonyl (C=O) groups excluding carboxylic acids is 1. The maximum atomic E-state index is 13.0. The number of likely N-dealkylation sites (tertiary alicyclic amines) is 1. The minimum atomic E-state index is -3.75. The molecule has 0 spiro atoms. The van der Waals surface area contributed by atoms with E-state index in [2.05, 4.69) is 11.9 Å². The van der Waals surface area contributed by atoms with E-state index < -0.39 is 10.0 Å². The van der Waals surface area contributed by atoms with Crippen LogP contribution < -0.4 is 4.31 Å². The number of nitrogens with zero attached hydrogens (tertiary/aromatic N) is 3. The van der Waals surface area contributed by atoms with Gasteiger partial charge in [-0.15, -0.1) is 0 Å². The SMILES string of the molecule is CN1CCC(N(C)C(=O)c2cccc(S(=O)(=O)N(C)c3ccccc3)c2)CC1. The molecule has 1 amide bonds. The van der Waals surface area contributed by atoms with E-state index in [0.717, 1.165) is 25.9 Å². The van der Waals surface area contributed by atoms with Crippen LogP contribution in [0.4, 0.5) is 5.69 Å². The number of carbonyl (C=O) groups is 1. The molecule has 3 rings (SSSR count). The molecule has 1 aliphatic rings. The Morgan fingerprint density at radius 3 is 2.29 bits per heavy atom. The zero-order valence-electron chi connectivity index (χ0n) is 16.6. The van der Waals surface area contributed by atoms with Crippen molar-refractivity contribution in [2.24, 2.45) is 0 Å². The third kappa shape index (κ3) is 4.20. The number of hydrogen-bond donors (Lipinski definition) is 0. The van der Waals surface area contributed by atoms with Crippen molar-refractivity contribution >= 4 is 21.6 Å². The lowest BCUT2D eigenvalue weighted by molar-refractivity contribution is 0.0659. The van der Waals surface area contributed by atoms with Crippen molar-refractivity contribution in [3.63, 3.8) is 0 Å². The van der Waals surface area contributed by atoms with E-state index in [1.807, 2.05) is 6.07 Å². The van der Waals surface area contributed by atoms with Crippen LogP contribution in [0, 0.1) is 0 Å². The van der Waals surface area contributed by atoms with Gasteiger partial charge in [0.25, 0.3) is 15.9 Å². The quantitative estimate of drug-likeness (QED) is 0.773. The Balaban J connectivity index is 1.82. The zero-order chi connectivity index (χ0) is 20.3. The standard InChI is InChI=1S/C21H27N3O3S/c1-22-14-12-18(13-15-22)23(2)21(25)17-8-7-11-20(16-17)28(26,27)24(3)19-9-5-4-6-10-19/h4-11,16,18H,12-15H2,1-3H3. The number of para-hydroxylation sites is 1. The van der Waals surface area contributed by atoms with Gasteiger partial charge in [-0.3, -0.25) is 9.10 Å². The maximum absolute atomic E-state index is 13.0. The number of benzene rings is 2. The zero-order valence-corrected chi connectivity index (χ0v) is 17.4. The summed E-state index contributed by atoms with van der Waals surface area (Å²) in [5.41, 5.74) is 0.964. The molecule has 28 heavy (non-hydrogen) atoms. The van der Waals surface area contributed by atoms with Gasteiger partial charge in [-0.25, -0.2) is 8.42 Å². The van der Waals surface area contributed by atoms with Crippen LogP contribution in [-0.2, 0) is 10.0 Å². The fourth-order valence-electron chi connectivity index (χ4n) is 3.48. The highest BCUT2D eigenvalue weighted by atomic mass is 32.2. The summed E-state index contributed by atoms with van der Waals surface area (Å²) in [6.45, 7) is 1.91. The first-order chi connectivity index (χ1) is 13.3. The molecule has 0 radical (unpaired) electrons. The molecule has 1 fully saturated rings. The highest BCUT2D eigenvalue weighted by Crippen LogP contribution is 2.23. The van der Waals surface area contributed by atoms with Crippen LogP contribution in [0.15, 0.2) is 59.5 Å². The molecule has 0 saturated carbocycles. The molecule has 150 valence electrons. The van der Waals surface area contributed by atoms with Gasteiger partial charge >= 0.3 is 0 Å². The van der Waals surface area contributed by atoms with Gasteiger partial charge in [0.2, 0.25) is 0 Å². The van der Waals surface area contributed by atoms with E-state index in [4.69, 9.17) is 0 Å². The van der Waals surface area contributed by atoms with E-state index in [1.54, 1.807) is 48.3 Å². The Bertz CT molecular complexity index is 923. The molecule has 6 nitrogen and oxygen atoms in total. The first-order valence-corrected chi connectivity index (χ1v) is 10.8. The summed E-state index contributed by atoms with van der Waals surface area (Å²) < 4.78 is 27.3. The summed E-state index contributed by atoms with van der Waals surface area (Å²) >= 11 is 0. The monoisotopic (exact) mass is 401 g/mol. The van der Waals surface area contributed by atoms with Crippen LogP contribution in [0.5, 0.6) is 0 Å². The molecule has 2 aromatic carbocycles. The molecule has 0 unspecified atom stereocenters. The van der Waals surface area contributed by atoms with Crippen molar-refractivity contribution < 1.29 is 13.2 Å². The van der Waals surface area contributed by atoms with Crippen LogP contribution in [0.25, 0.3) is 0 Å². The van der Waals surface area contributed by atoms with Crippen LogP contribution in [0.3, 0.4) is 0 Å². The average Bonchev–Trinajstić information content (AvgIpc) is 2.73. The molecule has 0 atom stereocenters. The van der Waals surface area contributed by atoms with Gasteiger partial charge in [-0.2, -0.15) is 0 Å². The molecular formula is C21H27N3O3S. The Morgan fingerprint density at radius 1 is 1.00 bits per heavy atom. The van der Waals surface area contributed by atoms with Crippen LogP contribution in [0.2, 0.25) is 0 Å². The van der Waals surface area contributed by atoms with Crippen molar-refractivity contribution in [2.75, 3.05) is 38.5 Å². The normalized spacial score (nSPS) is 16.0. The van der Waals surface area contributed by atoms with Crippen LogP contribution in [0.1, 0.15) is 23.2 Å². The van der Waals surface area contributed by atoms with Gasteiger partial charge < -0.3 is 9.80 Å². The highest BCUT2D eigenvalue weighted by molar-refractivity contribution is 7.92. The van der Waals surface area contributed by atoms with Gasteiger partial charge in [-0.1, -0.05) is 24.3 Å². The molecule has 0 aliphatic carbocycles. The van der Waals surface area contributed by atoms with Gasteiger partial charge in [0, 0.05) is 25.7 Å². The fraction of sp³-hybridized carbons (Fsp3) is 0.381. The van der Waals surface area contributed by atoms with E-state index in [0.29, 0.717) is 11.3 Å².